The zero-order valence-corrected chi connectivity index (χ0v) is 17.0. The molecule has 0 bridgehead atoms. The number of benzene rings is 2. The molecule has 2 aromatic carbocycles. The van der Waals surface area contributed by atoms with E-state index in [-0.39, 0.29) is 34.1 Å². The Labute approximate surface area is 167 Å². The number of nitrogens with one attached hydrogen (secondary N) is 2. The zero-order valence-electron chi connectivity index (χ0n) is 12.7. The van der Waals surface area contributed by atoms with Gasteiger partial charge in [-0.2, -0.15) is 0 Å². The predicted octanol–water partition coefficient (Wildman–Crippen LogP) is 3.14. The third-order valence-corrected chi connectivity index (χ3v) is 4.68. The number of aromatic hydroxyl groups is 4. The zero-order chi connectivity index (χ0) is 17.7. The average Bonchev–Trinajstić information content (AvgIpc) is 2.56. The summed E-state index contributed by atoms with van der Waals surface area (Å²) in [7, 11) is 0. The van der Waals surface area contributed by atoms with Crippen LogP contribution in [0.5, 0.6) is 23.0 Å². The Morgan fingerprint density at radius 1 is 0.667 bits per heavy atom. The average molecular weight is 556 g/mol. The molecular formula is C16H18I2N2O4. The molecule has 2 aromatic rings. The standard InChI is InChI=1S/C16H18I2N2O4/c17-19-3-1-9-5-11(15(23)13(21)7-9)12-6-10(2-4-20-18)8-14(22)16(12)24/h5-8,19-24H,1-4H2. The number of hydrogen-bond acceptors (Lipinski definition) is 6. The predicted molar refractivity (Wildman–Crippen MR) is 110 cm³/mol. The Bertz CT molecular complexity index is 664. The Morgan fingerprint density at radius 2 is 1.04 bits per heavy atom. The van der Waals surface area contributed by atoms with Gasteiger partial charge in [0.15, 0.2) is 23.0 Å². The maximum Gasteiger partial charge on any atom is 0.165 e. The molecule has 6 nitrogen and oxygen atoms in total. The minimum absolute atomic E-state index is 0.255. The number of rotatable bonds is 7. The second-order valence-corrected chi connectivity index (χ2v) is 6.82. The summed E-state index contributed by atoms with van der Waals surface area (Å²) in [5.74, 6) is -1.15. The topological polar surface area (TPSA) is 105 Å². The maximum absolute atomic E-state index is 10.2. The van der Waals surface area contributed by atoms with Crippen LogP contribution in [0.2, 0.25) is 0 Å². The van der Waals surface area contributed by atoms with Gasteiger partial charge in [0.05, 0.1) is 0 Å². The summed E-state index contributed by atoms with van der Waals surface area (Å²) in [5, 5.41) is 40.4. The van der Waals surface area contributed by atoms with E-state index in [0.717, 1.165) is 11.1 Å². The van der Waals surface area contributed by atoms with Gasteiger partial charge in [-0.05, 0) is 48.2 Å². The van der Waals surface area contributed by atoms with Gasteiger partial charge in [-0.3, -0.25) is 7.06 Å². The first-order valence-electron chi connectivity index (χ1n) is 7.25. The highest BCUT2D eigenvalue weighted by Crippen LogP contribution is 2.44. The smallest absolute Gasteiger partial charge is 0.165 e. The Hall–Kier alpha value is -0.980. The molecule has 0 saturated carbocycles. The van der Waals surface area contributed by atoms with Crippen molar-refractivity contribution >= 4 is 45.7 Å². The summed E-state index contributed by atoms with van der Waals surface area (Å²) in [6.45, 7) is 1.39. The van der Waals surface area contributed by atoms with Crippen LogP contribution in [0.15, 0.2) is 24.3 Å². The molecule has 0 aliphatic heterocycles. The van der Waals surface area contributed by atoms with Crippen molar-refractivity contribution < 1.29 is 20.4 Å². The van der Waals surface area contributed by atoms with Gasteiger partial charge >= 0.3 is 0 Å². The van der Waals surface area contributed by atoms with Crippen LogP contribution in [0.1, 0.15) is 11.1 Å². The second kappa shape index (κ2) is 8.92. The quantitative estimate of drug-likeness (QED) is 0.178. The minimum Gasteiger partial charge on any atom is -0.504 e. The van der Waals surface area contributed by atoms with Crippen LogP contribution in [-0.4, -0.2) is 33.5 Å². The largest absolute Gasteiger partial charge is 0.504 e. The maximum atomic E-state index is 10.2. The lowest BCUT2D eigenvalue weighted by molar-refractivity contribution is 0.399. The molecule has 0 aromatic heterocycles. The van der Waals surface area contributed by atoms with Gasteiger partial charge in [0, 0.05) is 69.9 Å². The normalized spacial score (nSPS) is 10.9. The van der Waals surface area contributed by atoms with Crippen molar-refractivity contribution in [3.05, 3.63) is 35.4 Å². The van der Waals surface area contributed by atoms with E-state index in [2.05, 4.69) is 7.06 Å². The molecule has 0 atom stereocenters. The van der Waals surface area contributed by atoms with Gasteiger partial charge in [-0.15, -0.1) is 0 Å². The summed E-state index contributed by atoms with van der Waals surface area (Å²) in [5.41, 5.74) is 2.19. The molecule has 0 spiro atoms. The van der Waals surface area contributed by atoms with Gasteiger partial charge < -0.3 is 20.4 Å². The van der Waals surface area contributed by atoms with Crippen molar-refractivity contribution in [1.82, 2.24) is 7.06 Å². The fourth-order valence-corrected chi connectivity index (χ4v) is 2.98. The van der Waals surface area contributed by atoms with Crippen molar-refractivity contribution in [2.45, 2.75) is 12.8 Å². The third kappa shape index (κ3) is 4.55. The molecule has 0 saturated heterocycles. The van der Waals surface area contributed by atoms with Crippen molar-refractivity contribution in [1.29, 1.82) is 0 Å². The Morgan fingerprint density at radius 3 is 1.38 bits per heavy atom. The molecule has 0 fully saturated rings. The lowest BCUT2D eigenvalue weighted by atomic mass is 9.96. The number of hydrogen-bond donors (Lipinski definition) is 6. The van der Waals surface area contributed by atoms with E-state index in [1.807, 2.05) is 45.7 Å². The van der Waals surface area contributed by atoms with Gasteiger partial charge in [0.25, 0.3) is 0 Å². The van der Waals surface area contributed by atoms with E-state index in [1.165, 1.54) is 12.1 Å². The second-order valence-electron chi connectivity index (χ2n) is 5.29. The number of phenols is 4. The van der Waals surface area contributed by atoms with Gasteiger partial charge in [0.1, 0.15) is 0 Å². The first kappa shape index (κ1) is 19.3. The molecule has 0 amide bonds. The van der Waals surface area contributed by atoms with Crippen molar-refractivity contribution in [3.8, 4) is 34.1 Å². The highest BCUT2D eigenvalue weighted by Gasteiger charge is 2.17. The molecule has 6 N–H and O–H groups in total. The summed E-state index contributed by atoms with van der Waals surface area (Å²) in [6, 6.07) is 6.40. The number of phenolic OH excluding ortho intramolecular Hbond substituents is 4. The molecule has 0 aliphatic rings. The fourth-order valence-electron chi connectivity index (χ4n) is 2.44. The third-order valence-electron chi connectivity index (χ3n) is 3.61. The van der Waals surface area contributed by atoms with Gasteiger partial charge in [0.2, 0.25) is 0 Å². The van der Waals surface area contributed by atoms with Crippen LogP contribution < -0.4 is 7.06 Å². The van der Waals surface area contributed by atoms with Crippen molar-refractivity contribution in [2.24, 2.45) is 0 Å². The molecule has 0 heterocycles. The highest BCUT2D eigenvalue weighted by molar-refractivity contribution is 14.1. The molecular weight excluding hydrogens is 538 g/mol. The first-order valence-corrected chi connectivity index (χ1v) is 9.40. The van der Waals surface area contributed by atoms with E-state index < -0.39 is 0 Å². The summed E-state index contributed by atoms with van der Waals surface area (Å²) >= 11 is 4.07. The van der Waals surface area contributed by atoms with Crippen LogP contribution in [0.4, 0.5) is 0 Å². The lowest BCUT2D eigenvalue weighted by Gasteiger charge is -2.14. The van der Waals surface area contributed by atoms with Crippen LogP contribution >= 0.6 is 45.7 Å². The van der Waals surface area contributed by atoms with E-state index >= 15 is 0 Å². The molecule has 24 heavy (non-hydrogen) atoms. The summed E-state index contributed by atoms with van der Waals surface area (Å²) < 4.78 is 5.98. The molecule has 0 unspecified atom stereocenters. The van der Waals surface area contributed by atoms with E-state index in [9.17, 15) is 20.4 Å². The molecule has 130 valence electrons. The lowest BCUT2D eigenvalue weighted by Crippen LogP contribution is -2.04. The van der Waals surface area contributed by atoms with E-state index in [0.29, 0.717) is 25.9 Å². The first-order chi connectivity index (χ1) is 11.5. The number of halogens is 2. The van der Waals surface area contributed by atoms with Gasteiger partial charge in [-0.1, -0.05) is 0 Å². The van der Waals surface area contributed by atoms with Crippen molar-refractivity contribution in [2.75, 3.05) is 13.1 Å². The van der Waals surface area contributed by atoms with Crippen LogP contribution in [0.3, 0.4) is 0 Å². The Kier molecular flexibility index (Phi) is 7.19. The van der Waals surface area contributed by atoms with Gasteiger partial charge in [-0.25, -0.2) is 0 Å². The minimum atomic E-state index is -0.319. The van der Waals surface area contributed by atoms with Crippen LogP contribution in [0.25, 0.3) is 11.1 Å². The molecule has 2 rings (SSSR count). The molecule has 0 radical (unpaired) electrons. The summed E-state index contributed by atoms with van der Waals surface area (Å²) in [6.07, 6.45) is 1.30. The fraction of sp³-hybridized carbons (Fsp3) is 0.250. The van der Waals surface area contributed by atoms with Crippen LogP contribution in [-0.2, 0) is 12.8 Å². The molecule has 0 aliphatic carbocycles. The summed E-state index contributed by atoms with van der Waals surface area (Å²) in [4.78, 5) is 0. The SMILES string of the molecule is Oc1cc(CCNI)cc(-c2cc(CCNI)cc(O)c2O)c1O. The molecule has 8 heteroatoms. The van der Waals surface area contributed by atoms with Crippen molar-refractivity contribution in [3.63, 3.8) is 0 Å². The van der Waals surface area contributed by atoms with E-state index in [4.69, 9.17) is 0 Å². The highest BCUT2D eigenvalue weighted by atomic mass is 127. The Balaban J connectivity index is 2.53. The van der Waals surface area contributed by atoms with E-state index in [1.54, 1.807) is 12.1 Å². The monoisotopic (exact) mass is 556 g/mol. The van der Waals surface area contributed by atoms with Crippen LogP contribution in [0, 0.1) is 0 Å².